The maximum atomic E-state index is 13.2. The molecule has 60 heavy (non-hydrogen) atoms. The van der Waals surface area contributed by atoms with E-state index in [9.17, 15) is 40.3 Å². The van der Waals surface area contributed by atoms with Crippen LogP contribution in [0.1, 0.15) is 21.0 Å². The molecule has 15 nitrogen and oxygen atoms in total. The molecule has 0 atom stereocenters. The average Bonchev–Trinajstić information content (AvgIpc) is 3.85. The SMILES string of the molecule is O=C(Nc1cccc(-c2ccc3[nH]c(C(=O)Nc4ccc(S(=O)(=O)O)cc4)cc3c2)c1)Nc1cccc(-c2ccc3[nH]c(C(=O)Nc4ccc(S(=O)(=O)O)cc4)cc3c2)c1. The van der Waals surface area contributed by atoms with E-state index >= 15 is 0 Å². The summed E-state index contributed by atoms with van der Waals surface area (Å²) in [7, 11) is -8.71. The molecule has 300 valence electrons. The quantitative estimate of drug-likeness (QED) is 0.0614. The Morgan fingerprint density at radius 3 is 1.18 bits per heavy atom. The molecule has 0 saturated carbocycles. The molecule has 0 aliphatic carbocycles. The van der Waals surface area contributed by atoms with Gasteiger partial charge in [0.05, 0.1) is 9.79 Å². The molecule has 0 radical (unpaired) electrons. The Balaban J connectivity index is 0.907. The molecule has 4 amide bonds. The van der Waals surface area contributed by atoms with Crippen LogP contribution in [0.2, 0.25) is 0 Å². The van der Waals surface area contributed by atoms with Crippen LogP contribution in [0, 0.1) is 0 Å². The van der Waals surface area contributed by atoms with Gasteiger partial charge in [-0.05, 0) is 131 Å². The van der Waals surface area contributed by atoms with Crippen molar-refractivity contribution in [1.29, 1.82) is 0 Å². The van der Waals surface area contributed by atoms with Crippen LogP contribution >= 0.6 is 0 Å². The van der Waals surface area contributed by atoms with Gasteiger partial charge < -0.3 is 31.2 Å². The third-order valence-corrected chi connectivity index (χ3v) is 11.2. The van der Waals surface area contributed by atoms with E-state index < -0.39 is 38.1 Å². The molecule has 8 aromatic rings. The van der Waals surface area contributed by atoms with Gasteiger partial charge in [-0.2, -0.15) is 16.8 Å². The summed E-state index contributed by atoms with van der Waals surface area (Å²) in [6.45, 7) is 0. The topological polar surface area (TPSA) is 240 Å². The summed E-state index contributed by atoms with van der Waals surface area (Å²) >= 11 is 0. The summed E-state index contributed by atoms with van der Waals surface area (Å²) in [5.41, 5.74) is 7.09. The first kappa shape index (κ1) is 39.3. The van der Waals surface area contributed by atoms with E-state index in [0.717, 1.165) is 33.0 Å². The minimum Gasteiger partial charge on any atom is -0.351 e. The van der Waals surface area contributed by atoms with Crippen LogP contribution < -0.4 is 21.3 Å². The number of nitrogens with one attached hydrogen (secondary N) is 6. The van der Waals surface area contributed by atoms with E-state index in [4.69, 9.17) is 0 Å². The molecular formula is C43H32N6O9S2. The van der Waals surface area contributed by atoms with Gasteiger partial charge >= 0.3 is 6.03 Å². The lowest BCUT2D eigenvalue weighted by molar-refractivity contribution is 0.101. The zero-order valence-electron chi connectivity index (χ0n) is 30.9. The van der Waals surface area contributed by atoms with Gasteiger partial charge in [0.15, 0.2) is 0 Å². The standard InChI is InChI=1S/C43H32N6O9S2/c50-41(44-31-9-13-35(14-10-31)59(53,54)55)39-23-29-19-27(7-17-37(29)48-39)25-3-1-5-33(21-25)46-43(52)47-34-6-2-4-26(22-34)28-8-18-38-30(20-28)24-40(49-38)42(51)45-32-11-15-36(16-12-32)60(56,57)58/h1-24,48-49H,(H,44,50)(H,45,51)(H2,46,47,52)(H,53,54,55)(H,56,57,58). The molecular weight excluding hydrogens is 809 g/mol. The van der Waals surface area contributed by atoms with Crippen molar-refractivity contribution in [3.8, 4) is 22.3 Å². The first-order chi connectivity index (χ1) is 28.6. The fourth-order valence-corrected chi connectivity index (χ4v) is 7.49. The highest BCUT2D eigenvalue weighted by atomic mass is 32.2. The zero-order chi connectivity index (χ0) is 42.2. The number of hydrogen-bond donors (Lipinski definition) is 8. The van der Waals surface area contributed by atoms with E-state index in [2.05, 4.69) is 31.2 Å². The predicted octanol–water partition coefficient (Wildman–Crippen LogP) is 8.63. The molecule has 0 bridgehead atoms. The number of amides is 4. The number of benzene rings is 6. The van der Waals surface area contributed by atoms with E-state index in [-0.39, 0.29) is 21.2 Å². The number of H-pyrrole nitrogens is 2. The van der Waals surface area contributed by atoms with Crippen molar-refractivity contribution in [2.24, 2.45) is 0 Å². The minimum absolute atomic E-state index is 0.282. The molecule has 0 unspecified atom stereocenters. The van der Waals surface area contributed by atoms with Gasteiger partial charge in [-0.1, -0.05) is 36.4 Å². The van der Waals surface area contributed by atoms with Gasteiger partial charge in [0.2, 0.25) is 0 Å². The predicted molar refractivity (Wildman–Crippen MR) is 229 cm³/mol. The maximum Gasteiger partial charge on any atom is 0.323 e. The van der Waals surface area contributed by atoms with Gasteiger partial charge in [-0.25, -0.2) is 4.79 Å². The fourth-order valence-electron chi connectivity index (χ4n) is 6.53. The number of aromatic amines is 2. The summed E-state index contributed by atoms with van der Waals surface area (Å²) in [4.78, 5) is 44.6. The first-order valence-electron chi connectivity index (χ1n) is 18.0. The molecule has 8 rings (SSSR count). The van der Waals surface area contributed by atoms with Crippen molar-refractivity contribution in [1.82, 2.24) is 9.97 Å². The van der Waals surface area contributed by atoms with Gasteiger partial charge in [0.25, 0.3) is 32.1 Å². The second-order valence-electron chi connectivity index (χ2n) is 13.6. The number of urea groups is 1. The van der Waals surface area contributed by atoms with Crippen LogP contribution in [0.15, 0.2) is 155 Å². The highest BCUT2D eigenvalue weighted by Gasteiger charge is 2.16. The van der Waals surface area contributed by atoms with Crippen molar-refractivity contribution in [2.75, 3.05) is 21.3 Å². The van der Waals surface area contributed by atoms with E-state index in [1.807, 2.05) is 72.8 Å². The zero-order valence-corrected chi connectivity index (χ0v) is 32.6. The van der Waals surface area contributed by atoms with Gasteiger partial charge in [-0.3, -0.25) is 18.7 Å². The summed E-state index contributed by atoms with van der Waals surface area (Å²) < 4.78 is 63.6. The van der Waals surface area contributed by atoms with E-state index in [0.29, 0.717) is 33.8 Å². The molecule has 2 heterocycles. The monoisotopic (exact) mass is 840 g/mol. The smallest absolute Gasteiger partial charge is 0.323 e. The number of carbonyl (C=O) groups excluding carboxylic acids is 3. The molecule has 17 heteroatoms. The van der Waals surface area contributed by atoms with Gasteiger partial charge in [0, 0.05) is 44.6 Å². The molecule has 0 saturated heterocycles. The highest BCUT2D eigenvalue weighted by molar-refractivity contribution is 7.86. The molecule has 0 aliphatic heterocycles. The van der Waals surface area contributed by atoms with E-state index in [1.165, 1.54) is 48.5 Å². The van der Waals surface area contributed by atoms with Crippen molar-refractivity contribution in [3.05, 3.63) is 157 Å². The third-order valence-electron chi connectivity index (χ3n) is 9.46. The lowest BCUT2D eigenvalue weighted by Crippen LogP contribution is -2.19. The Hall–Kier alpha value is -7.57. The summed E-state index contributed by atoms with van der Waals surface area (Å²) in [6, 6.07) is 39.0. The van der Waals surface area contributed by atoms with Crippen LogP contribution in [0.4, 0.5) is 27.5 Å². The largest absolute Gasteiger partial charge is 0.351 e. The lowest BCUT2D eigenvalue weighted by Gasteiger charge is -2.11. The second-order valence-corrected chi connectivity index (χ2v) is 16.5. The number of hydrogen-bond acceptors (Lipinski definition) is 7. The average molecular weight is 841 g/mol. The number of fused-ring (bicyclic) bond motifs is 2. The van der Waals surface area contributed by atoms with Crippen LogP contribution in [-0.4, -0.2) is 53.8 Å². The maximum absolute atomic E-state index is 13.2. The van der Waals surface area contributed by atoms with Crippen molar-refractivity contribution in [3.63, 3.8) is 0 Å². The Kier molecular flexibility index (Phi) is 10.2. The third kappa shape index (κ3) is 8.79. The molecule has 8 N–H and O–H groups in total. The number of anilines is 4. The Labute approximate surface area is 342 Å². The minimum atomic E-state index is -4.36. The number of rotatable bonds is 10. The van der Waals surface area contributed by atoms with Crippen LogP contribution in [-0.2, 0) is 20.2 Å². The van der Waals surface area contributed by atoms with Crippen molar-refractivity contribution >= 4 is 82.6 Å². The van der Waals surface area contributed by atoms with Crippen LogP contribution in [0.3, 0.4) is 0 Å². The Morgan fingerprint density at radius 1 is 0.417 bits per heavy atom. The van der Waals surface area contributed by atoms with Crippen LogP contribution in [0.25, 0.3) is 44.1 Å². The van der Waals surface area contributed by atoms with E-state index in [1.54, 1.807) is 24.3 Å². The molecule has 6 aromatic carbocycles. The lowest BCUT2D eigenvalue weighted by atomic mass is 10.0. The normalized spacial score (nSPS) is 11.6. The fraction of sp³-hybridized carbons (Fsp3) is 0. The summed E-state index contributed by atoms with van der Waals surface area (Å²) in [6.07, 6.45) is 0. The van der Waals surface area contributed by atoms with Crippen molar-refractivity contribution in [2.45, 2.75) is 9.79 Å². The number of aromatic nitrogens is 2. The summed E-state index contributed by atoms with van der Waals surface area (Å²) in [5.74, 6) is -0.885. The van der Waals surface area contributed by atoms with Gasteiger partial charge in [0.1, 0.15) is 11.4 Å². The Bertz CT molecular complexity index is 3000. The first-order valence-corrected chi connectivity index (χ1v) is 20.8. The van der Waals surface area contributed by atoms with Crippen LogP contribution in [0.5, 0.6) is 0 Å². The molecule has 0 aliphatic rings. The molecule has 2 aromatic heterocycles. The molecule has 0 fully saturated rings. The second kappa shape index (κ2) is 15.6. The highest BCUT2D eigenvalue weighted by Crippen LogP contribution is 2.30. The molecule has 0 spiro atoms. The summed E-state index contributed by atoms with van der Waals surface area (Å²) in [5, 5.41) is 12.7. The van der Waals surface area contributed by atoms with Gasteiger partial charge in [-0.15, -0.1) is 0 Å². The Morgan fingerprint density at radius 2 is 0.800 bits per heavy atom. The van der Waals surface area contributed by atoms with Crippen molar-refractivity contribution < 1.29 is 40.3 Å². The number of carbonyl (C=O) groups is 3.